The minimum atomic E-state index is -1.68. The number of halogens is 1. The van der Waals surface area contributed by atoms with E-state index >= 15 is 0 Å². The molecular weight excluding hydrogens is 249 g/mol. The van der Waals surface area contributed by atoms with E-state index in [1.165, 1.54) is 0 Å². The van der Waals surface area contributed by atoms with E-state index in [2.05, 4.69) is 4.98 Å². The second kappa shape index (κ2) is 4.44. The number of ether oxygens (including phenoxy) is 1. The van der Waals surface area contributed by atoms with E-state index in [1.807, 2.05) is 0 Å². The van der Waals surface area contributed by atoms with Crippen molar-refractivity contribution < 1.29 is 24.1 Å². The third-order valence-electron chi connectivity index (χ3n) is 2.56. The molecule has 98 valence electrons. The van der Waals surface area contributed by atoms with E-state index in [0.717, 1.165) is 0 Å². The Morgan fingerprint density at radius 3 is 2.78 bits per heavy atom. The van der Waals surface area contributed by atoms with Gasteiger partial charge in [0.2, 0.25) is 0 Å². The Bertz CT molecular complexity index is 545. The van der Waals surface area contributed by atoms with Crippen molar-refractivity contribution >= 4 is 11.6 Å². The molecule has 1 aliphatic rings. The predicted octanol–water partition coefficient (Wildman–Crippen LogP) is -2.22. The van der Waals surface area contributed by atoms with Gasteiger partial charge in [-0.15, -0.1) is 0 Å². The van der Waals surface area contributed by atoms with Crippen molar-refractivity contribution in [1.82, 2.24) is 9.55 Å². The molecule has 0 bridgehead atoms. The van der Waals surface area contributed by atoms with Crippen LogP contribution in [0.15, 0.2) is 11.0 Å². The van der Waals surface area contributed by atoms with Crippen molar-refractivity contribution in [1.29, 1.82) is 0 Å². The molecule has 1 fully saturated rings. The average Bonchev–Trinajstić information content (AvgIpc) is 2.61. The van der Waals surface area contributed by atoms with Gasteiger partial charge in [-0.05, 0) is 0 Å². The topological polar surface area (TPSA) is 128 Å². The zero-order valence-corrected chi connectivity index (χ0v) is 8.99. The maximum absolute atomic E-state index is 13.2. The number of ketones is 1. The standard InChI is InChI=1S/C9H10FN3O5/c10-3-1-13(9(17)12-7(3)11)8-6(16)5(15)4(2-14)18-8/h1,4,6,8,14,16H,2H2,(H2,11,12,17)/t4-,6+,8?/m1/s1. The Hall–Kier alpha value is -1.84. The summed E-state index contributed by atoms with van der Waals surface area (Å²) in [4.78, 5) is 26.0. The highest BCUT2D eigenvalue weighted by Crippen LogP contribution is 2.25. The highest BCUT2D eigenvalue weighted by molar-refractivity contribution is 5.89. The second-order valence-electron chi connectivity index (χ2n) is 3.71. The van der Waals surface area contributed by atoms with Gasteiger partial charge >= 0.3 is 5.69 Å². The fourth-order valence-electron chi connectivity index (χ4n) is 1.63. The number of nitrogens with zero attached hydrogens (tertiary/aromatic N) is 2. The van der Waals surface area contributed by atoms with E-state index in [9.17, 15) is 19.1 Å². The quantitative estimate of drug-likeness (QED) is 0.549. The van der Waals surface area contributed by atoms with Gasteiger partial charge in [0.25, 0.3) is 0 Å². The molecule has 1 saturated heterocycles. The zero-order valence-electron chi connectivity index (χ0n) is 8.99. The number of aliphatic hydroxyl groups excluding tert-OH is 2. The first kappa shape index (κ1) is 12.6. The summed E-state index contributed by atoms with van der Waals surface area (Å²) in [5, 5.41) is 18.4. The number of carbonyl (C=O) groups excluding carboxylic acids is 1. The van der Waals surface area contributed by atoms with Crippen molar-refractivity contribution in [3.05, 3.63) is 22.5 Å². The molecule has 1 unspecified atom stereocenters. The maximum atomic E-state index is 13.2. The van der Waals surface area contributed by atoms with Gasteiger partial charge in [-0.1, -0.05) is 0 Å². The van der Waals surface area contributed by atoms with Crippen LogP contribution in [0.3, 0.4) is 0 Å². The molecule has 3 atom stereocenters. The van der Waals surface area contributed by atoms with E-state index in [0.29, 0.717) is 10.8 Å². The molecule has 0 aromatic carbocycles. The van der Waals surface area contributed by atoms with Crippen LogP contribution in [0.5, 0.6) is 0 Å². The van der Waals surface area contributed by atoms with Crippen molar-refractivity contribution in [2.45, 2.75) is 18.4 Å². The Morgan fingerprint density at radius 1 is 1.56 bits per heavy atom. The Kier molecular flexibility index (Phi) is 3.11. The van der Waals surface area contributed by atoms with Crippen LogP contribution in [0.4, 0.5) is 10.2 Å². The summed E-state index contributed by atoms with van der Waals surface area (Å²) in [6.07, 6.45) is -3.67. The number of Topliss-reactive ketones (excluding diaryl/α,β-unsaturated/α-hetero) is 1. The smallest absolute Gasteiger partial charge is 0.351 e. The molecule has 1 aromatic rings. The normalized spacial score (nSPS) is 27.7. The van der Waals surface area contributed by atoms with Gasteiger partial charge in [0, 0.05) is 0 Å². The lowest BCUT2D eigenvalue weighted by Gasteiger charge is -2.15. The van der Waals surface area contributed by atoms with Gasteiger partial charge in [0.1, 0.15) is 6.10 Å². The van der Waals surface area contributed by atoms with Gasteiger partial charge < -0.3 is 20.7 Å². The van der Waals surface area contributed by atoms with Crippen LogP contribution >= 0.6 is 0 Å². The van der Waals surface area contributed by atoms with Gasteiger partial charge in [0.15, 0.2) is 29.8 Å². The Labute approximate surface area is 99.4 Å². The van der Waals surface area contributed by atoms with Crippen molar-refractivity contribution in [2.75, 3.05) is 12.3 Å². The van der Waals surface area contributed by atoms with E-state index < -0.39 is 48.2 Å². The monoisotopic (exact) mass is 259 g/mol. The van der Waals surface area contributed by atoms with Crippen molar-refractivity contribution in [3.63, 3.8) is 0 Å². The van der Waals surface area contributed by atoms with Crippen LogP contribution in [-0.2, 0) is 9.53 Å². The number of nitrogen functional groups attached to an aromatic ring is 1. The largest absolute Gasteiger partial charge is 0.393 e. The summed E-state index contributed by atoms with van der Waals surface area (Å²) < 4.78 is 18.8. The minimum Gasteiger partial charge on any atom is -0.393 e. The highest BCUT2D eigenvalue weighted by atomic mass is 19.1. The lowest BCUT2D eigenvalue weighted by molar-refractivity contribution is -0.128. The molecule has 0 saturated carbocycles. The number of nitrogens with two attached hydrogens (primary N) is 1. The molecule has 0 amide bonds. The summed E-state index contributed by atoms with van der Waals surface area (Å²) in [6.45, 7) is -0.647. The van der Waals surface area contributed by atoms with Crippen molar-refractivity contribution in [3.8, 4) is 0 Å². The third kappa shape index (κ3) is 1.88. The van der Waals surface area contributed by atoms with E-state index in [-0.39, 0.29) is 0 Å². The molecule has 8 nitrogen and oxygen atoms in total. The van der Waals surface area contributed by atoms with Gasteiger partial charge in [0.05, 0.1) is 12.8 Å². The first-order chi connectivity index (χ1) is 8.45. The maximum Gasteiger partial charge on any atom is 0.351 e. The predicted molar refractivity (Wildman–Crippen MR) is 54.9 cm³/mol. The molecule has 0 radical (unpaired) electrons. The van der Waals surface area contributed by atoms with E-state index in [4.69, 9.17) is 15.6 Å². The number of aliphatic hydroxyl groups is 2. The van der Waals surface area contributed by atoms with Gasteiger partial charge in [-0.2, -0.15) is 4.98 Å². The van der Waals surface area contributed by atoms with Crippen LogP contribution in [0.25, 0.3) is 0 Å². The summed E-state index contributed by atoms with van der Waals surface area (Å²) >= 11 is 0. The fourth-order valence-corrected chi connectivity index (χ4v) is 1.63. The summed E-state index contributed by atoms with van der Waals surface area (Å²) in [5.41, 5.74) is 4.13. The van der Waals surface area contributed by atoms with Crippen LogP contribution < -0.4 is 11.4 Å². The number of rotatable bonds is 2. The number of hydrogen-bond donors (Lipinski definition) is 3. The van der Waals surface area contributed by atoms with Gasteiger partial charge in [-0.3, -0.25) is 9.36 Å². The number of carbonyl (C=O) groups is 1. The number of anilines is 1. The molecule has 0 spiro atoms. The first-order valence-electron chi connectivity index (χ1n) is 4.98. The average molecular weight is 259 g/mol. The molecule has 2 rings (SSSR count). The Balaban J connectivity index is 2.42. The lowest BCUT2D eigenvalue weighted by atomic mass is 10.2. The minimum absolute atomic E-state index is 0.589. The molecule has 4 N–H and O–H groups in total. The molecule has 0 aliphatic carbocycles. The lowest BCUT2D eigenvalue weighted by Crippen LogP contribution is -2.34. The SMILES string of the molecule is Nc1nc(=O)n(C2O[C@H](CO)C(=O)[C@@H]2O)cc1F. The van der Waals surface area contributed by atoms with Crippen LogP contribution in [-0.4, -0.2) is 44.4 Å². The fraction of sp³-hybridized carbons (Fsp3) is 0.444. The molecule has 1 aliphatic heterocycles. The summed E-state index contributed by atoms with van der Waals surface area (Å²) in [5.74, 6) is -2.36. The van der Waals surface area contributed by atoms with Crippen molar-refractivity contribution in [2.24, 2.45) is 0 Å². The van der Waals surface area contributed by atoms with Crippen LogP contribution in [0.2, 0.25) is 0 Å². The second-order valence-corrected chi connectivity index (χ2v) is 3.71. The van der Waals surface area contributed by atoms with Crippen LogP contribution in [0.1, 0.15) is 6.23 Å². The zero-order chi connectivity index (χ0) is 13.4. The molecule has 1 aromatic heterocycles. The summed E-state index contributed by atoms with van der Waals surface area (Å²) in [6, 6.07) is 0. The van der Waals surface area contributed by atoms with Crippen LogP contribution in [0, 0.1) is 5.82 Å². The van der Waals surface area contributed by atoms with E-state index in [1.54, 1.807) is 0 Å². The molecular formula is C9H10FN3O5. The molecule has 9 heteroatoms. The number of hydrogen-bond acceptors (Lipinski definition) is 7. The summed E-state index contributed by atoms with van der Waals surface area (Å²) in [7, 11) is 0. The molecule has 18 heavy (non-hydrogen) atoms. The molecule has 2 heterocycles. The first-order valence-corrected chi connectivity index (χ1v) is 4.98. The Morgan fingerprint density at radius 2 is 2.22 bits per heavy atom. The third-order valence-corrected chi connectivity index (χ3v) is 2.56. The highest BCUT2D eigenvalue weighted by Gasteiger charge is 2.43. The van der Waals surface area contributed by atoms with Gasteiger partial charge in [-0.25, -0.2) is 9.18 Å². The number of aromatic nitrogens is 2.